The standard InChI is InChI=1S/C17H15ClN2OS/c18-13-6-8-14(9-7-13)20-16(12-4-2-1-3-5-12)19-11-22-10-15(19)17(20)21/h1-9,15-16H,10-11H2. The molecule has 3 nitrogen and oxygen atoms in total. The van der Waals surface area contributed by atoms with Gasteiger partial charge >= 0.3 is 0 Å². The fourth-order valence-corrected chi connectivity index (χ4v) is 4.50. The first-order chi connectivity index (χ1) is 10.8. The first kappa shape index (κ1) is 14.1. The molecule has 22 heavy (non-hydrogen) atoms. The zero-order valence-corrected chi connectivity index (χ0v) is 13.4. The summed E-state index contributed by atoms with van der Waals surface area (Å²) in [6, 6.07) is 17.7. The second kappa shape index (κ2) is 5.61. The van der Waals surface area contributed by atoms with Gasteiger partial charge in [0.05, 0.1) is 0 Å². The van der Waals surface area contributed by atoms with Crippen LogP contribution in [0.4, 0.5) is 5.69 Å². The van der Waals surface area contributed by atoms with E-state index in [9.17, 15) is 4.79 Å². The van der Waals surface area contributed by atoms with Gasteiger partial charge in [0.25, 0.3) is 0 Å². The number of halogens is 1. The van der Waals surface area contributed by atoms with Crippen LogP contribution in [0.15, 0.2) is 54.6 Å². The van der Waals surface area contributed by atoms with Crippen LogP contribution in [0.2, 0.25) is 5.02 Å². The number of anilines is 1. The number of carbonyl (C=O) groups excluding carboxylic acids is 1. The highest BCUT2D eigenvalue weighted by Crippen LogP contribution is 2.43. The number of fused-ring (bicyclic) bond motifs is 1. The van der Waals surface area contributed by atoms with Crippen molar-refractivity contribution < 1.29 is 4.79 Å². The number of thioether (sulfide) groups is 1. The Labute approximate surface area is 138 Å². The summed E-state index contributed by atoms with van der Waals surface area (Å²) in [4.78, 5) is 17.1. The summed E-state index contributed by atoms with van der Waals surface area (Å²) in [6.45, 7) is 0. The molecule has 0 aromatic heterocycles. The van der Waals surface area contributed by atoms with Gasteiger partial charge in [0.1, 0.15) is 12.2 Å². The first-order valence-corrected chi connectivity index (χ1v) is 8.76. The van der Waals surface area contributed by atoms with Crippen molar-refractivity contribution in [2.24, 2.45) is 0 Å². The minimum atomic E-state index is -0.0325. The van der Waals surface area contributed by atoms with E-state index >= 15 is 0 Å². The summed E-state index contributed by atoms with van der Waals surface area (Å²) in [5, 5.41) is 0.683. The van der Waals surface area contributed by atoms with E-state index in [1.165, 1.54) is 0 Å². The molecule has 0 spiro atoms. The second-order valence-electron chi connectivity index (χ2n) is 5.50. The van der Waals surface area contributed by atoms with Crippen LogP contribution in [0.1, 0.15) is 11.7 Å². The van der Waals surface area contributed by atoms with Crippen molar-refractivity contribution in [3.63, 3.8) is 0 Å². The third-order valence-corrected chi connectivity index (χ3v) is 5.48. The van der Waals surface area contributed by atoms with E-state index in [0.29, 0.717) is 5.02 Å². The molecule has 2 aliphatic rings. The maximum absolute atomic E-state index is 12.9. The lowest BCUT2D eigenvalue weighted by molar-refractivity contribution is -0.118. The van der Waals surface area contributed by atoms with Crippen molar-refractivity contribution in [2.75, 3.05) is 16.5 Å². The molecule has 0 bridgehead atoms. The quantitative estimate of drug-likeness (QED) is 0.837. The Kier molecular flexibility index (Phi) is 3.60. The van der Waals surface area contributed by atoms with Crippen LogP contribution in [-0.2, 0) is 4.79 Å². The summed E-state index contributed by atoms with van der Waals surface area (Å²) in [5.74, 6) is 1.94. The molecule has 2 fully saturated rings. The Bertz CT molecular complexity index is 692. The van der Waals surface area contributed by atoms with E-state index in [0.717, 1.165) is 22.9 Å². The molecular weight excluding hydrogens is 316 g/mol. The molecule has 5 heteroatoms. The normalized spacial score (nSPS) is 24.8. The van der Waals surface area contributed by atoms with E-state index in [4.69, 9.17) is 11.6 Å². The van der Waals surface area contributed by atoms with Crippen LogP contribution >= 0.6 is 23.4 Å². The molecule has 0 radical (unpaired) electrons. The molecule has 4 rings (SSSR count). The Hall–Kier alpha value is -1.49. The van der Waals surface area contributed by atoms with Crippen molar-refractivity contribution >= 4 is 35.0 Å². The highest BCUT2D eigenvalue weighted by atomic mass is 35.5. The number of nitrogens with zero attached hydrogens (tertiary/aromatic N) is 2. The molecule has 1 amide bonds. The van der Waals surface area contributed by atoms with Crippen molar-refractivity contribution in [2.45, 2.75) is 12.2 Å². The molecule has 2 saturated heterocycles. The molecular formula is C17H15ClN2OS. The van der Waals surface area contributed by atoms with Crippen LogP contribution in [0.5, 0.6) is 0 Å². The summed E-state index contributed by atoms with van der Waals surface area (Å²) < 4.78 is 0. The molecule has 2 aromatic carbocycles. The van der Waals surface area contributed by atoms with Crippen molar-refractivity contribution in [3.8, 4) is 0 Å². The smallest absolute Gasteiger partial charge is 0.246 e. The number of amides is 1. The Balaban J connectivity index is 1.80. The summed E-state index contributed by atoms with van der Waals surface area (Å²) in [6.07, 6.45) is -0.0325. The van der Waals surface area contributed by atoms with E-state index in [1.54, 1.807) is 0 Å². The monoisotopic (exact) mass is 330 g/mol. The highest BCUT2D eigenvalue weighted by Gasteiger charge is 2.49. The third kappa shape index (κ3) is 2.22. The minimum Gasteiger partial charge on any atom is -0.290 e. The lowest BCUT2D eigenvalue weighted by Crippen LogP contribution is -2.32. The van der Waals surface area contributed by atoms with Crippen LogP contribution in [0, 0.1) is 0 Å². The van der Waals surface area contributed by atoms with Crippen molar-refractivity contribution in [1.29, 1.82) is 0 Å². The molecule has 2 unspecified atom stereocenters. The Morgan fingerprint density at radius 3 is 2.50 bits per heavy atom. The number of benzene rings is 2. The molecule has 2 atom stereocenters. The van der Waals surface area contributed by atoms with Gasteiger partial charge in [-0.2, -0.15) is 0 Å². The minimum absolute atomic E-state index is 0.0223. The van der Waals surface area contributed by atoms with Gasteiger partial charge < -0.3 is 0 Å². The van der Waals surface area contributed by atoms with E-state index < -0.39 is 0 Å². The molecule has 2 aliphatic heterocycles. The lowest BCUT2D eigenvalue weighted by Gasteiger charge is -2.29. The number of carbonyl (C=O) groups is 1. The number of rotatable bonds is 2. The van der Waals surface area contributed by atoms with E-state index in [1.807, 2.05) is 59.1 Å². The summed E-state index contributed by atoms with van der Waals surface area (Å²) >= 11 is 7.81. The van der Waals surface area contributed by atoms with Crippen LogP contribution < -0.4 is 4.90 Å². The topological polar surface area (TPSA) is 23.6 Å². The molecule has 112 valence electrons. The molecule has 2 heterocycles. The fourth-order valence-electron chi connectivity index (χ4n) is 3.17. The predicted octanol–water partition coefficient (Wildman–Crippen LogP) is 3.76. The average Bonchev–Trinajstić information content (AvgIpc) is 3.12. The molecule has 0 saturated carbocycles. The summed E-state index contributed by atoms with van der Waals surface area (Å²) in [7, 11) is 0. The highest BCUT2D eigenvalue weighted by molar-refractivity contribution is 7.99. The van der Waals surface area contributed by atoms with Gasteiger partial charge in [-0.25, -0.2) is 0 Å². The van der Waals surface area contributed by atoms with Gasteiger partial charge in [0.2, 0.25) is 5.91 Å². The maximum atomic E-state index is 12.9. The number of hydrogen-bond donors (Lipinski definition) is 0. The van der Waals surface area contributed by atoms with Gasteiger partial charge in [0, 0.05) is 22.3 Å². The zero-order valence-electron chi connectivity index (χ0n) is 11.9. The van der Waals surface area contributed by atoms with Gasteiger partial charge in [-0.15, -0.1) is 11.8 Å². The summed E-state index contributed by atoms with van der Waals surface area (Å²) in [5.41, 5.74) is 2.05. The van der Waals surface area contributed by atoms with Gasteiger partial charge in [0.15, 0.2) is 0 Å². The van der Waals surface area contributed by atoms with Crippen molar-refractivity contribution in [1.82, 2.24) is 4.90 Å². The van der Waals surface area contributed by atoms with Gasteiger partial charge in [-0.05, 0) is 29.8 Å². The molecule has 0 aliphatic carbocycles. The lowest BCUT2D eigenvalue weighted by atomic mass is 10.1. The maximum Gasteiger partial charge on any atom is 0.246 e. The van der Waals surface area contributed by atoms with Crippen LogP contribution in [-0.4, -0.2) is 28.5 Å². The Morgan fingerprint density at radius 2 is 1.77 bits per heavy atom. The molecule has 0 N–H and O–H groups in total. The van der Waals surface area contributed by atoms with E-state index in [-0.39, 0.29) is 18.1 Å². The zero-order chi connectivity index (χ0) is 15.1. The average molecular weight is 331 g/mol. The number of hydrogen-bond acceptors (Lipinski definition) is 3. The second-order valence-corrected chi connectivity index (χ2v) is 6.94. The Morgan fingerprint density at radius 1 is 1.05 bits per heavy atom. The van der Waals surface area contributed by atoms with Gasteiger partial charge in [-0.3, -0.25) is 14.6 Å². The largest absolute Gasteiger partial charge is 0.290 e. The van der Waals surface area contributed by atoms with Gasteiger partial charge in [-0.1, -0.05) is 41.9 Å². The van der Waals surface area contributed by atoms with Crippen LogP contribution in [0.25, 0.3) is 0 Å². The first-order valence-electron chi connectivity index (χ1n) is 7.23. The molecule has 2 aromatic rings. The SMILES string of the molecule is O=C1C2CSCN2C(c2ccccc2)N1c1ccc(Cl)cc1. The fraction of sp³-hybridized carbons (Fsp3) is 0.235. The predicted molar refractivity (Wildman–Crippen MR) is 91.1 cm³/mol. The van der Waals surface area contributed by atoms with E-state index in [2.05, 4.69) is 17.0 Å². The van der Waals surface area contributed by atoms with Crippen molar-refractivity contribution in [3.05, 3.63) is 65.2 Å². The van der Waals surface area contributed by atoms with Crippen LogP contribution in [0.3, 0.4) is 0 Å². The third-order valence-electron chi connectivity index (χ3n) is 4.20.